The first-order chi connectivity index (χ1) is 6.74. The molecule has 0 saturated carbocycles. The molecule has 0 bridgehead atoms. The number of rotatable bonds is 5. The van der Waals surface area contributed by atoms with Gasteiger partial charge in [0.1, 0.15) is 0 Å². The van der Waals surface area contributed by atoms with Gasteiger partial charge < -0.3 is 0 Å². The number of hydrogen-bond donors (Lipinski definition) is 0. The highest BCUT2D eigenvalue weighted by Crippen LogP contribution is 2.19. The van der Waals surface area contributed by atoms with Crippen LogP contribution in [-0.4, -0.2) is 4.98 Å². The lowest BCUT2D eigenvalue weighted by molar-refractivity contribution is 0.587. The van der Waals surface area contributed by atoms with Crippen LogP contribution in [0.5, 0.6) is 0 Å². The van der Waals surface area contributed by atoms with Gasteiger partial charge in [0.2, 0.25) is 0 Å². The molecule has 0 fully saturated rings. The number of pyridine rings is 1. The summed E-state index contributed by atoms with van der Waals surface area (Å²) in [5.74, 6) is 0.612. The predicted molar refractivity (Wildman–Crippen MR) is 61.5 cm³/mol. The van der Waals surface area contributed by atoms with Crippen molar-refractivity contribution < 1.29 is 0 Å². The molecule has 0 unspecified atom stereocenters. The van der Waals surface area contributed by atoms with Crippen molar-refractivity contribution in [2.24, 2.45) is 0 Å². The van der Waals surface area contributed by atoms with Gasteiger partial charge in [0.05, 0.1) is 0 Å². The zero-order valence-corrected chi connectivity index (χ0v) is 9.59. The summed E-state index contributed by atoms with van der Waals surface area (Å²) in [6.45, 7) is 6.58. The van der Waals surface area contributed by atoms with E-state index in [0.717, 1.165) is 5.69 Å². The van der Waals surface area contributed by atoms with E-state index in [1.807, 2.05) is 0 Å². The molecule has 0 aliphatic rings. The Morgan fingerprint density at radius 3 is 2.71 bits per heavy atom. The Bertz CT molecular complexity index is 268. The summed E-state index contributed by atoms with van der Waals surface area (Å²) in [6, 6.07) is 6.31. The van der Waals surface area contributed by atoms with E-state index in [-0.39, 0.29) is 0 Å². The lowest BCUT2D eigenvalue weighted by atomic mass is 9.99. The van der Waals surface area contributed by atoms with Gasteiger partial charge in [-0.2, -0.15) is 0 Å². The molecule has 1 heterocycles. The fraction of sp³-hybridized carbons (Fsp3) is 0.615. The Hall–Kier alpha value is -0.850. The SMILES string of the molecule is CCCCC[C@@H](C)c1cccc(C)n1. The maximum Gasteiger partial charge on any atom is 0.0434 e. The lowest BCUT2D eigenvalue weighted by Crippen LogP contribution is -1.98. The Kier molecular flexibility index (Phi) is 4.64. The van der Waals surface area contributed by atoms with E-state index in [1.165, 1.54) is 31.4 Å². The van der Waals surface area contributed by atoms with Crippen LogP contribution < -0.4 is 0 Å². The third kappa shape index (κ3) is 3.49. The molecule has 0 spiro atoms. The molecule has 0 aliphatic carbocycles. The van der Waals surface area contributed by atoms with Crippen LogP contribution in [0.4, 0.5) is 0 Å². The smallest absolute Gasteiger partial charge is 0.0434 e. The summed E-state index contributed by atoms with van der Waals surface area (Å²) in [7, 11) is 0. The second kappa shape index (κ2) is 5.79. The number of nitrogens with zero attached hydrogens (tertiary/aromatic N) is 1. The topological polar surface area (TPSA) is 12.9 Å². The molecule has 1 heteroatoms. The fourth-order valence-corrected chi connectivity index (χ4v) is 1.69. The minimum absolute atomic E-state index is 0.612. The third-order valence-electron chi connectivity index (χ3n) is 2.66. The lowest BCUT2D eigenvalue weighted by Gasteiger charge is -2.10. The maximum atomic E-state index is 4.55. The van der Waals surface area contributed by atoms with Crippen LogP contribution in [0.3, 0.4) is 0 Å². The molecule has 0 radical (unpaired) electrons. The highest BCUT2D eigenvalue weighted by Gasteiger charge is 2.05. The standard InChI is InChI=1S/C13H21N/c1-4-5-6-8-11(2)13-10-7-9-12(3)14-13/h7,9-11H,4-6,8H2,1-3H3/t11-/m1/s1. The number of unbranched alkanes of at least 4 members (excludes halogenated alkanes) is 2. The van der Waals surface area contributed by atoms with Crippen molar-refractivity contribution >= 4 is 0 Å². The highest BCUT2D eigenvalue weighted by atomic mass is 14.7. The number of aryl methyl sites for hydroxylation is 1. The molecule has 0 saturated heterocycles. The molecule has 1 aromatic rings. The zero-order chi connectivity index (χ0) is 10.4. The van der Waals surface area contributed by atoms with Gasteiger partial charge in [-0.1, -0.05) is 39.2 Å². The van der Waals surface area contributed by atoms with Crippen molar-refractivity contribution in [1.82, 2.24) is 4.98 Å². The molecular formula is C13H21N. The second-order valence-electron chi connectivity index (χ2n) is 4.10. The summed E-state index contributed by atoms with van der Waals surface area (Å²) in [5.41, 5.74) is 2.38. The summed E-state index contributed by atoms with van der Waals surface area (Å²) in [6.07, 6.45) is 5.24. The largest absolute Gasteiger partial charge is 0.258 e. The zero-order valence-electron chi connectivity index (χ0n) is 9.59. The van der Waals surface area contributed by atoms with Crippen molar-refractivity contribution in [3.63, 3.8) is 0 Å². The monoisotopic (exact) mass is 191 g/mol. The van der Waals surface area contributed by atoms with E-state index >= 15 is 0 Å². The van der Waals surface area contributed by atoms with Gasteiger partial charge in [-0.15, -0.1) is 0 Å². The van der Waals surface area contributed by atoms with Crippen LogP contribution in [0, 0.1) is 6.92 Å². The van der Waals surface area contributed by atoms with E-state index in [1.54, 1.807) is 0 Å². The summed E-state index contributed by atoms with van der Waals surface area (Å²) >= 11 is 0. The third-order valence-corrected chi connectivity index (χ3v) is 2.66. The van der Waals surface area contributed by atoms with Crippen molar-refractivity contribution in [2.45, 2.75) is 52.4 Å². The first-order valence-corrected chi connectivity index (χ1v) is 5.67. The van der Waals surface area contributed by atoms with Crippen LogP contribution in [-0.2, 0) is 0 Å². The van der Waals surface area contributed by atoms with Crippen LogP contribution >= 0.6 is 0 Å². The minimum atomic E-state index is 0.612. The molecule has 0 amide bonds. The van der Waals surface area contributed by atoms with Gasteiger partial charge in [0.15, 0.2) is 0 Å². The molecule has 1 nitrogen and oxygen atoms in total. The molecular weight excluding hydrogens is 170 g/mol. The van der Waals surface area contributed by atoms with Crippen LogP contribution in [0.25, 0.3) is 0 Å². The van der Waals surface area contributed by atoms with E-state index in [0.29, 0.717) is 5.92 Å². The fourth-order valence-electron chi connectivity index (χ4n) is 1.69. The van der Waals surface area contributed by atoms with E-state index in [9.17, 15) is 0 Å². The normalized spacial score (nSPS) is 12.8. The van der Waals surface area contributed by atoms with Gasteiger partial charge in [-0.05, 0) is 31.4 Å². The maximum absolute atomic E-state index is 4.55. The molecule has 1 atom stereocenters. The van der Waals surface area contributed by atoms with E-state index < -0.39 is 0 Å². The molecule has 0 N–H and O–H groups in total. The minimum Gasteiger partial charge on any atom is -0.258 e. The van der Waals surface area contributed by atoms with E-state index in [2.05, 4.69) is 44.0 Å². The Morgan fingerprint density at radius 2 is 2.07 bits per heavy atom. The average molecular weight is 191 g/mol. The Balaban J connectivity index is 2.47. The Labute approximate surface area is 87.6 Å². The average Bonchev–Trinajstić information content (AvgIpc) is 2.18. The van der Waals surface area contributed by atoms with Crippen molar-refractivity contribution in [3.05, 3.63) is 29.6 Å². The first kappa shape index (κ1) is 11.2. The Morgan fingerprint density at radius 1 is 1.29 bits per heavy atom. The van der Waals surface area contributed by atoms with Gasteiger partial charge >= 0.3 is 0 Å². The first-order valence-electron chi connectivity index (χ1n) is 5.67. The van der Waals surface area contributed by atoms with Gasteiger partial charge in [0.25, 0.3) is 0 Å². The van der Waals surface area contributed by atoms with Crippen molar-refractivity contribution in [3.8, 4) is 0 Å². The summed E-state index contributed by atoms with van der Waals surface area (Å²) < 4.78 is 0. The molecule has 0 aromatic carbocycles. The van der Waals surface area contributed by atoms with Crippen LogP contribution in [0.15, 0.2) is 18.2 Å². The predicted octanol–water partition coefficient (Wildman–Crippen LogP) is 4.07. The molecule has 14 heavy (non-hydrogen) atoms. The molecule has 0 aliphatic heterocycles. The molecule has 78 valence electrons. The second-order valence-corrected chi connectivity index (χ2v) is 4.10. The quantitative estimate of drug-likeness (QED) is 0.639. The number of hydrogen-bond acceptors (Lipinski definition) is 1. The molecule has 1 rings (SSSR count). The molecule has 1 aromatic heterocycles. The van der Waals surface area contributed by atoms with Gasteiger partial charge in [-0.25, -0.2) is 0 Å². The highest BCUT2D eigenvalue weighted by molar-refractivity contribution is 5.13. The number of aromatic nitrogens is 1. The van der Waals surface area contributed by atoms with E-state index in [4.69, 9.17) is 0 Å². The van der Waals surface area contributed by atoms with Crippen LogP contribution in [0.1, 0.15) is 56.8 Å². The van der Waals surface area contributed by atoms with Gasteiger partial charge in [-0.3, -0.25) is 4.98 Å². The van der Waals surface area contributed by atoms with Gasteiger partial charge in [0, 0.05) is 11.4 Å². The summed E-state index contributed by atoms with van der Waals surface area (Å²) in [4.78, 5) is 4.55. The summed E-state index contributed by atoms with van der Waals surface area (Å²) in [5, 5.41) is 0. The van der Waals surface area contributed by atoms with Crippen LogP contribution in [0.2, 0.25) is 0 Å². The van der Waals surface area contributed by atoms with Crippen molar-refractivity contribution in [2.75, 3.05) is 0 Å². The van der Waals surface area contributed by atoms with Crippen molar-refractivity contribution in [1.29, 1.82) is 0 Å².